The van der Waals surface area contributed by atoms with Crippen LogP contribution >= 0.6 is 11.6 Å². The van der Waals surface area contributed by atoms with Crippen LogP contribution in [0.2, 0.25) is 5.02 Å². The molecule has 76 valence electrons. The van der Waals surface area contributed by atoms with Crippen LogP contribution in [0, 0.1) is 0 Å². The quantitative estimate of drug-likeness (QED) is 0.763. The first kappa shape index (κ1) is 9.67. The number of aliphatic imine (C=N–C) groups is 1. The van der Waals surface area contributed by atoms with Gasteiger partial charge in [-0.05, 0) is 18.2 Å². The maximum atomic E-state index is 9.50. The summed E-state index contributed by atoms with van der Waals surface area (Å²) >= 11 is 5.68. The second-order valence-electron chi connectivity index (χ2n) is 2.77. The van der Waals surface area contributed by atoms with Gasteiger partial charge in [0.2, 0.25) is 5.95 Å². The molecule has 0 aliphatic carbocycles. The maximum absolute atomic E-state index is 9.50. The standard InChI is InChI=1S/C9H7ClN4O/c10-7-2-1-6(8(15)3-7)4-11-9-12-5-13-14-9/h1-5,15H,(H,12,13,14). The van der Waals surface area contributed by atoms with E-state index < -0.39 is 0 Å². The molecule has 0 fully saturated rings. The van der Waals surface area contributed by atoms with Crippen molar-refractivity contribution in [3.05, 3.63) is 35.1 Å². The zero-order chi connectivity index (χ0) is 10.7. The first-order valence-electron chi connectivity index (χ1n) is 4.13. The second kappa shape index (κ2) is 4.10. The van der Waals surface area contributed by atoms with Crippen molar-refractivity contribution >= 4 is 23.8 Å². The van der Waals surface area contributed by atoms with Gasteiger partial charge in [-0.3, -0.25) is 0 Å². The molecule has 0 unspecified atom stereocenters. The van der Waals surface area contributed by atoms with Crippen molar-refractivity contribution < 1.29 is 5.11 Å². The van der Waals surface area contributed by atoms with Gasteiger partial charge < -0.3 is 5.11 Å². The normalized spacial score (nSPS) is 11.0. The molecule has 2 aromatic rings. The SMILES string of the molecule is Oc1cc(Cl)ccc1C=Nc1ncn[nH]1. The maximum Gasteiger partial charge on any atom is 0.245 e. The Hall–Kier alpha value is -1.88. The average Bonchev–Trinajstić information content (AvgIpc) is 2.69. The third kappa shape index (κ3) is 2.32. The minimum absolute atomic E-state index is 0.0748. The number of nitrogens with one attached hydrogen (secondary N) is 1. The first-order chi connectivity index (χ1) is 7.25. The van der Waals surface area contributed by atoms with E-state index in [4.69, 9.17) is 11.6 Å². The fourth-order valence-electron chi connectivity index (χ4n) is 1.02. The van der Waals surface area contributed by atoms with Crippen molar-refractivity contribution in [1.29, 1.82) is 0 Å². The molecule has 2 rings (SSSR count). The summed E-state index contributed by atoms with van der Waals surface area (Å²) in [5, 5.41) is 16.2. The highest BCUT2D eigenvalue weighted by atomic mass is 35.5. The molecule has 15 heavy (non-hydrogen) atoms. The molecule has 0 radical (unpaired) electrons. The van der Waals surface area contributed by atoms with Crippen LogP contribution in [0.1, 0.15) is 5.56 Å². The highest BCUT2D eigenvalue weighted by molar-refractivity contribution is 6.30. The summed E-state index contributed by atoms with van der Waals surface area (Å²) < 4.78 is 0. The third-order valence-electron chi connectivity index (χ3n) is 1.72. The Morgan fingerprint density at radius 1 is 1.47 bits per heavy atom. The van der Waals surface area contributed by atoms with Crippen molar-refractivity contribution in [3.8, 4) is 5.75 Å². The van der Waals surface area contributed by atoms with E-state index in [-0.39, 0.29) is 5.75 Å². The Morgan fingerprint density at radius 2 is 2.33 bits per heavy atom. The van der Waals surface area contributed by atoms with Gasteiger partial charge in [-0.25, -0.2) is 10.1 Å². The molecule has 1 heterocycles. The average molecular weight is 223 g/mol. The third-order valence-corrected chi connectivity index (χ3v) is 1.96. The van der Waals surface area contributed by atoms with Crippen LogP contribution in [0.25, 0.3) is 0 Å². The number of H-pyrrole nitrogens is 1. The number of phenols is 1. The van der Waals surface area contributed by atoms with Gasteiger partial charge >= 0.3 is 0 Å². The first-order valence-corrected chi connectivity index (χ1v) is 4.51. The Labute approximate surface area is 90.5 Å². The van der Waals surface area contributed by atoms with Gasteiger partial charge in [0.15, 0.2) is 0 Å². The van der Waals surface area contributed by atoms with E-state index in [9.17, 15) is 5.11 Å². The predicted molar refractivity (Wildman–Crippen MR) is 56.8 cm³/mol. The highest BCUT2D eigenvalue weighted by Crippen LogP contribution is 2.20. The van der Waals surface area contributed by atoms with E-state index in [2.05, 4.69) is 20.2 Å². The molecule has 0 spiro atoms. The Balaban J connectivity index is 2.24. The van der Waals surface area contributed by atoms with Crippen LogP contribution in [0.5, 0.6) is 5.75 Å². The number of aromatic nitrogens is 3. The summed E-state index contributed by atoms with van der Waals surface area (Å²) in [5.41, 5.74) is 0.566. The molecular weight excluding hydrogens is 216 g/mol. The number of aromatic amines is 1. The topological polar surface area (TPSA) is 74.2 Å². The molecule has 1 aromatic carbocycles. The van der Waals surface area contributed by atoms with Gasteiger partial charge in [0.25, 0.3) is 0 Å². The highest BCUT2D eigenvalue weighted by Gasteiger charge is 1.98. The number of hydrogen-bond acceptors (Lipinski definition) is 4. The summed E-state index contributed by atoms with van der Waals surface area (Å²) in [4.78, 5) is 7.78. The zero-order valence-electron chi connectivity index (χ0n) is 7.55. The fourth-order valence-corrected chi connectivity index (χ4v) is 1.18. The van der Waals surface area contributed by atoms with Crippen molar-refractivity contribution in [2.45, 2.75) is 0 Å². The Morgan fingerprint density at radius 3 is 3.00 bits per heavy atom. The number of phenolic OH excluding ortho intramolecular Hbond substituents is 1. The van der Waals surface area contributed by atoms with E-state index in [1.807, 2.05) is 0 Å². The molecule has 2 N–H and O–H groups in total. The summed E-state index contributed by atoms with van der Waals surface area (Å²) in [6.07, 6.45) is 2.83. The minimum atomic E-state index is 0.0748. The monoisotopic (exact) mass is 222 g/mol. The van der Waals surface area contributed by atoms with Gasteiger partial charge in [0, 0.05) is 16.8 Å². The molecule has 5 nitrogen and oxygen atoms in total. The summed E-state index contributed by atoms with van der Waals surface area (Å²) in [6, 6.07) is 4.78. The zero-order valence-corrected chi connectivity index (χ0v) is 8.31. The number of benzene rings is 1. The smallest absolute Gasteiger partial charge is 0.245 e. The largest absolute Gasteiger partial charge is 0.507 e. The molecule has 1 aromatic heterocycles. The molecule has 0 aliphatic heterocycles. The van der Waals surface area contributed by atoms with Crippen LogP contribution in [0.3, 0.4) is 0 Å². The Kier molecular flexibility index (Phi) is 2.64. The van der Waals surface area contributed by atoms with Crippen LogP contribution in [0.15, 0.2) is 29.5 Å². The van der Waals surface area contributed by atoms with E-state index in [1.165, 1.54) is 18.6 Å². The van der Waals surface area contributed by atoms with Gasteiger partial charge in [-0.15, -0.1) is 0 Å². The molecule has 0 saturated heterocycles. The molecule has 6 heteroatoms. The number of aromatic hydroxyl groups is 1. The van der Waals surface area contributed by atoms with E-state index in [0.717, 1.165) is 0 Å². The lowest BCUT2D eigenvalue weighted by Gasteiger charge is -1.97. The van der Waals surface area contributed by atoms with E-state index >= 15 is 0 Å². The summed E-state index contributed by atoms with van der Waals surface area (Å²) in [5.74, 6) is 0.454. The van der Waals surface area contributed by atoms with Crippen LogP contribution in [-0.4, -0.2) is 26.5 Å². The molecular formula is C9H7ClN4O. The minimum Gasteiger partial charge on any atom is -0.507 e. The molecule has 0 saturated carbocycles. The number of hydrogen-bond donors (Lipinski definition) is 2. The second-order valence-corrected chi connectivity index (χ2v) is 3.21. The van der Waals surface area contributed by atoms with Crippen LogP contribution in [-0.2, 0) is 0 Å². The summed E-state index contributed by atoms with van der Waals surface area (Å²) in [6.45, 7) is 0. The molecule has 0 aliphatic rings. The summed E-state index contributed by atoms with van der Waals surface area (Å²) in [7, 11) is 0. The van der Waals surface area contributed by atoms with Gasteiger partial charge in [-0.1, -0.05) is 11.6 Å². The van der Waals surface area contributed by atoms with Gasteiger partial charge in [0.05, 0.1) is 0 Å². The van der Waals surface area contributed by atoms with Crippen molar-refractivity contribution in [2.75, 3.05) is 0 Å². The van der Waals surface area contributed by atoms with E-state index in [1.54, 1.807) is 12.1 Å². The fraction of sp³-hybridized carbons (Fsp3) is 0. The molecule has 0 atom stereocenters. The van der Waals surface area contributed by atoms with Crippen molar-refractivity contribution in [1.82, 2.24) is 15.2 Å². The Bertz CT molecular complexity index is 481. The lowest BCUT2D eigenvalue weighted by atomic mass is 10.2. The number of halogens is 1. The molecule has 0 amide bonds. The predicted octanol–water partition coefficient (Wildman–Crippen LogP) is 1.91. The number of rotatable bonds is 2. The molecule has 0 bridgehead atoms. The van der Waals surface area contributed by atoms with Gasteiger partial charge in [-0.2, -0.15) is 10.1 Å². The lowest BCUT2D eigenvalue weighted by Crippen LogP contribution is -1.82. The van der Waals surface area contributed by atoms with Crippen molar-refractivity contribution in [3.63, 3.8) is 0 Å². The van der Waals surface area contributed by atoms with Crippen LogP contribution in [0.4, 0.5) is 5.95 Å². The van der Waals surface area contributed by atoms with Crippen molar-refractivity contribution in [2.24, 2.45) is 4.99 Å². The number of nitrogens with zero attached hydrogens (tertiary/aromatic N) is 3. The van der Waals surface area contributed by atoms with Crippen LogP contribution < -0.4 is 0 Å². The lowest BCUT2D eigenvalue weighted by molar-refractivity contribution is 0.474. The van der Waals surface area contributed by atoms with E-state index in [0.29, 0.717) is 16.5 Å². The van der Waals surface area contributed by atoms with Gasteiger partial charge in [0.1, 0.15) is 12.1 Å².